The molecule has 1 aromatic heterocycles. The fourth-order valence-electron chi connectivity index (χ4n) is 3.54. The van der Waals surface area contributed by atoms with Crippen molar-refractivity contribution in [3.8, 4) is 5.75 Å². The van der Waals surface area contributed by atoms with Gasteiger partial charge in [-0.1, -0.05) is 46.3 Å². The van der Waals surface area contributed by atoms with Gasteiger partial charge in [0.15, 0.2) is 0 Å². The van der Waals surface area contributed by atoms with Crippen molar-refractivity contribution in [1.82, 2.24) is 4.98 Å². The van der Waals surface area contributed by atoms with Crippen LogP contribution in [0.4, 0.5) is 5.69 Å². The van der Waals surface area contributed by atoms with E-state index in [1.165, 1.54) is 18.2 Å². The van der Waals surface area contributed by atoms with Crippen molar-refractivity contribution in [1.29, 1.82) is 0 Å². The lowest BCUT2D eigenvalue weighted by molar-refractivity contribution is -0.132. The van der Waals surface area contributed by atoms with Crippen molar-refractivity contribution in [2.75, 3.05) is 12.0 Å². The molecule has 0 radical (unpaired) electrons. The van der Waals surface area contributed by atoms with Crippen molar-refractivity contribution in [2.24, 2.45) is 0 Å². The van der Waals surface area contributed by atoms with Crippen LogP contribution in [0, 0.1) is 0 Å². The number of hydrogen-bond acceptors (Lipinski definition) is 5. The lowest BCUT2D eigenvalue weighted by Crippen LogP contribution is -2.29. The first-order chi connectivity index (χ1) is 14.5. The van der Waals surface area contributed by atoms with Gasteiger partial charge in [0.1, 0.15) is 11.5 Å². The number of aliphatic hydroxyl groups is 1. The molecule has 2 heterocycles. The Morgan fingerprint density at radius 3 is 2.47 bits per heavy atom. The minimum atomic E-state index is -0.867. The van der Waals surface area contributed by atoms with Crippen molar-refractivity contribution in [3.05, 3.63) is 94.2 Å². The normalized spacial score (nSPS) is 17.9. The number of pyridine rings is 1. The van der Waals surface area contributed by atoms with Gasteiger partial charge in [0.2, 0.25) is 0 Å². The number of nitrogens with zero attached hydrogens (tertiary/aromatic N) is 2. The summed E-state index contributed by atoms with van der Waals surface area (Å²) in [5.41, 5.74) is 1.46. The smallest absolute Gasteiger partial charge is 0.300 e. The quantitative estimate of drug-likeness (QED) is 0.349. The number of ether oxygens (including phenoxy) is 1. The molecule has 1 aliphatic heterocycles. The van der Waals surface area contributed by atoms with Crippen LogP contribution in [-0.4, -0.2) is 28.9 Å². The van der Waals surface area contributed by atoms with Gasteiger partial charge in [0, 0.05) is 21.8 Å². The molecule has 150 valence electrons. The summed E-state index contributed by atoms with van der Waals surface area (Å²) in [5.74, 6) is -1.25. The fraction of sp³-hybridized carbons (Fsp3) is 0.0870. The summed E-state index contributed by atoms with van der Waals surface area (Å²) in [7, 11) is 1.52. The summed E-state index contributed by atoms with van der Waals surface area (Å²) in [4.78, 5) is 31.5. The highest BCUT2D eigenvalue weighted by Gasteiger charge is 2.47. The van der Waals surface area contributed by atoms with Crippen LogP contribution >= 0.6 is 15.9 Å². The third-order valence-corrected chi connectivity index (χ3v) is 5.45. The monoisotopic (exact) mass is 464 g/mol. The number of methoxy groups -OCH3 is 1. The number of ketones is 1. The molecule has 1 N–H and O–H groups in total. The number of benzene rings is 2. The van der Waals surface area contributed by atoms with Gasteiger partial charge in [0.05, 0.1) is 30.6 Å². The molecule has 0 spiro atoms. The number of hydrogen-bond donors (Lipinski definition) is 1. The van der Waals surface area contributed by atoms with Gasteiger partial charge in [-0.05, 0) is 30.3 Å². The molecule has 1 atom stereocenters. The average molecular weight is 465 g/mol. The number of halogens is 1. The Morgan fingerprint density at radius 1 is 1.07 bits per heavy atom. The highest BCUT2D eigenvalue weighted by Crippen LogP contribution is 2.44. The van der Waals surface area contributed by atoms with E-state index in [-0.39, 0.29) is 11.3 Å². The van der Waals surface area contributed by atoms with Crippen LogP contribution in [0.15, 0.2) is 83.1 Å². The van der Waals surface area contributed by atoms with E-state index in [9.17, 15) is 14.7 Å². The van der Waals surface area contributed by atoms with Gasteiger partial charge in [-0.3, -0.25) is 19.5 Å². The molecule has 1 aliphatic rings. The first-order valence-electron chi connectivity index (χ1n) is 9.13. The third kappa shape index (κ3) is 3.37. The van der Waals surface area contributed by atoms with E-state index < -0.39 is 17.7 Å². The predicted molar refractivity (Wildman–Crippen MR) is 116 cm³/mol. The molecule has 1 amide bonds. The first-order valence-corrected chi connectivity index (χ1v) is 9.92. The van der Waals surface area contributed by atoms with Crippen molar-refractivity contribution < 1.29 is 19.4 Å². The van der Waals surface area contributed by atoms with Gasteiger partial charge in [-0.25, -0.2) is 0 Å². The van der Waals surface area contributed by atoms with Crippen molar-refractivity contribution >= 4 is 39.1 Å². The number of rotatable bonds is 4. The SMILES string of the molecule is COc1ccccc1C1C(=C(O)c2ccc(Br)cc2)C(=O)C(=O)N1c1cccnc1. The maximum atomic E-state index is 13.1. The summed E-state index contributed by atoms with van der Waals surface area (Å²) in [6.45, 7) is 0. The molecule has 6 nitrogen and oxygen atoms in total. The second-order valence-electron chi connectivity index (χ2n) is 6.63. The van der Waals surface area contributed by atoms with Crippen molar-refractivity contribution in [2.45, 2.75) is 6.04 Å². The maximum Gasteiger partial charge on any atom is 0.300 e. The third-order valence-electron chi connectivity index (χ3n) is 4.92. The van der Waals surface area contributed by atoms with Gasteiger partial charge in [-0.2, -0.15) is 0 Å². The minimum absolute atomic E-state index is 0.00400. The Kier molecular flexibility index (Phi) is 5.37. The zero-order valence-electron chi connectivity index (χ0n) is 15.9. The van der Waals surface area contributed by atoms with E-state index in [0.717, 1.165) is 4.47 Å². The average Bonchev–Trinajstić information content (AvgIpc) is 3.04. The van der Waals surface area contributed by atoms with Gasteiger partial charge < -0.3 is 9.84 Å². The van der Waals surface area contributed by atoms with Crippen LogP contribution in [0.1, 0.15) is 17.2 Å². The molecule has 30 heavy (non-hydrogen) atoms. The first kappa shape index (κ1) is 19.8. The van der Waals surface area contributed by atoms with E-state index >= 15 is 0 Å². The molecule has 7 heteroatoms. The Morgan fingerprint density at radius 2 is 1.80 bits per heavy atom. The molecule has 0 saturated carbocycles. The summed E-state index contributed by atoms with van der Waals surface area (Å²) in [6, 6.07) is 16.5. The molecule has 1 unspecified atom stereocenters. The Bertz CT molecular complexity index is 1140. The second-order valence-corrected chi connectivity index (χ2v) is 7.54. The zero-order valence-corrected chi connectivity index (χ0v) is 17.5. The molecule has 2 aromatic carbocycles. The van der Waals surface area contributed by atoms with Crippen LogP contribution in [0.25, 0.3) is 5.76 Å². The molecular weight excluding hydrogens is 448 g/mol. The van der Waals surface area contributed by atoms with E-state index in [1.54, 1.807) is 66.9 Å². The number of amides is 1. The van der Waals surface area contributed by atoms with E-state index in [4.69, 9.17) is 4.74 Å². The van der Waals surface area contributed by atoms with Crippen molar-refractivity contribution in [3.63, 3.8) is 0 Å². The van der Waals surface area contributed by atoms with Gasteiger partial charge in [-0.15, -0.1) is 0 Å². The molecule has 0 bridgehead atoms. The molecule has 3 aromatic rings. The summed E-state index contributed by atoms with van der Waals surface area (Å²) in [5, 5.41) is 11.1. The van der Waals surface area contributed by atoms with E-state index in [2.05, 4.69) is 20.9 Å². The summed E-state index contributed by atoms with van der Waals surface area (Å²) in [6.07, 6.45) is 3.09. The summed E-state index contributed by atoms with van der Waals surface area (Å²) < 4.78 is 6.32. The lowest BCUT2D eigenvalue weighted by atomic mass is 9.94. The van der Waals surface area contributed by atoms with Crippen LogP contribution in [0.2, 0.25) is 0 Å². The Balaban J connectivity index is 1.98. The number of aromatic nitrogens is 1. The van der Waals surface area contributed by atoms with Crippen LogP contribution in [0.5, 0.6) is 5.75 Å². The number of anilines is 1. The minimum Gasteiger partial charge on any atom is -0.507 e. The summed E-state index contributed by atoms with van der Waals surface area (Å²) >= 11 is 3.36. The van der Waals surface area contributed by atoms with Gasteiger partial charge in [0.25, 0.3) is 11.7 Å². The topological polar surface area (TPSA) is 79.7 Å². The molecule has 1 saturated heterocycles. The second kappa shape index (κ2) is 8.12. The number of carbonyl (C=O) groups excluding carboxylic acids is 2. The van der Waals surface area contributed by atoms with Gasteiger partial charge >= 0.3 is 0 Å². The highest BCUT2D eigenvalue weighted by atomic mass is 79.9. The lowest BCUT2D eigenvalue weighted by Gasteiger charge is -2.26. The molecular formula is C23H17BrN2O4. The van der Waals surface area contributed by atoms with E-state index in [0.29, 0.717) is 22.6 Å². The van der Waals surface area contributed by atoms with Crippen LogP contribution < -0.4 is 9.64 Å². The number of aliphatic hydroxyl groups excluding tert-OH is 1. The van der Waals surface area contributed by atoms with Crippen LogP contribution in [-0.2, 0) is 9.59 Å². The fourth-order valence-corrected chi connectivity index (χ4v) is 3.81. The van der Waals surface area contributed by atoms with E-state index in [1.807, 2.05) is 0 Å². The predicted octanol–water partition coefficient (Wildman–Crippen LogP) is 4.48. The molecule has 4 rings (SSSR count). The Hall–Kier alpha value is -3.45. The molecule has 1 fully saturated rings. The van der Waals surface area contributed by atoms with Crippen LogP contribution in [0.3, 0.4) is 0 Å². The maximum absolute atomic E-state index is 13.1. The zero-order chi connectivity index (χ0) is 21.3. The number of carbonyl (C=O) groups is 2. The Labute approximate surface area is 181 Å². The number of para-hydroxylation sites is 1. The standard InChI is InChI=1S/C23H17BrN2O4/c1-30-18-7-3-2-6-17(18)20-19(21(27)14-8-10-15(24)11-9-14)22(28)23(29)26(20)16-5-4-12-25-13-16/h2-13,20,27H,1H3. The number of Topliss-reactive ketones (excluding diaryl/α,β-unsaturated/α-hetero) is 1. The molecule has 0 aliphatic carbocycles. The largest absolute Gasteiger partial charge is 0.507 e. The highest BCUT2D eigenvalue weighted by molar-refractivity contribution is 9.10.